The van der Waals surface area contributed by atoms with Gasteiger partial charge in [-0.2, -0.15) is 0 Å². The molecule has 0 fully saturated rings. The van der Waals surface area contributed by atoms with Gasteiger partial charge in [-0.25, -0.2) is 0 Å². The average molecular weight is 266 g/mol. The molecule has 0 saturated heterocycles. The van der Waals surface area contributed by atoms with Crippen LogP contribution in [0.5, 0.6) is 0 Å². The van der Waals surface area contributed by atoms with Gasteiger partial charge in [0.25, 0.3) is 0 Å². The van der Waals surface area contributed by atoms with Gasteiger partial charge in [-0.05, 0) is 60.3 Å². The Morgan fingerprint density at radius 2 is 2.10 bits per heavy atom. The maximum Gasteiger partial charge on any atom is 0.156 e. The Kier molecular flexibility index (Phi) is 2.52. The van der Waals surface area contributed by atoms with Crippen LogP contribution in [0, 0.1) is 17.3 Å². The lowest BCUT2D eigenvalue weighted by atomic mass is 9.60. The fourth-order valence-corrected chi connectivity index (χ4v) is 4.72. The molecule has 20 heavy (non-hydrogen) atoms. The van der Waals surface area contributed by atoms with Gasteiger partial charge in [-0.15, -0.1) is 0 Å². The summed E-state index contributed by atoms with van der Waals surface area (Å²) >= 11 is 0. The second kappa shape index (κ2) is 4.07. The monoisotopic (exact) mass is 266 g/mol. The number of hydrogen-bond acceptors (Lipinski definition) is 1. The second-order valence-electron chi connectivity index (χ2n) is 7.14. The third kappa shape index (κ3) is 1.52. The summed E-state index contributed by atoms with van der Waals surface area (Å²) in [5.41, 5.74) is 6.09. The third-order valence-electron chi connectivity index (χ3n) is 6.06. The minimum Gasteiger partial charge on any atom is -0.295 e. The standard InChI is InChI=1S/C19H22O/c1-12-3-5-16-15(12)7-8-18-17(16)6-4-13-11-14(20)9-10-19(13,18)2/h4-6,11-12,15H,3,7-10H2,1-2H3. The van der Waals surface area contributed by atoms with Crippen LogP contribution in [0.15, 0.2) is 46.6 Å². The van der Waals surface area contributed by atoms with Gasteiger partial charge in [-0.3, -0.25) is 4.79 Å². The molecule has 0 aromatic heterocycles. The van der Waals surface area contributed by atoms with Crippen molar-refractivity contribution in [1.82, 2.24) is 0 Å². The molecule has 0 aromatic rings. The highest BCUT2D eigenvalue weighted by molar-refractivity contribution is 5.92. The number of rotatable bonds is 0. The van der Waals surface area contributed by atoms with Gasteiger partial charge in [0.2, 0.25) is 0 Å². The SMILES string of the molecule is CC1CC=C2C3=C(CCC21)C1(C)CCC(=O)C=C1C=C3. The van der Waals surface area contributed by atoms with E-state index in [9.17, 15) is 4.79 Å². The summed E-state index contributed by atoms with van der Waals surface area (Å²) in [4.78, 5) is 11.7. The summed E-state index contributed by atoms with van der Waals surface area (Å²) < 4.78 is 0. The van der Waals surface area contributed by atoms with Crippen molar-refractivity contribution in [2.45, 2.75) is 46.0 Å². The molecule has 0 heterocycles. The molecule has 4 aliphatic carbocycles. The molecule has 1 nitrogen and oxygen atoms in total. The predicted molar refractivity (Wildman–Crippen MR) is 81.2 cm³/mol. The van der Waals surface area contributed by atoms with Crippen molar-refractivity contribution in [3.63, 3.8) is 0 Å². The first-order valence-corrected chi connectivity index (χ1v) is 7.97. The Morgan fingerprint density at radius 3 is 2.95 bits per heavy atom. The van der Waals surface area contributed by atoms with Crippen LogP contribution in [-0.2, 0) is 4.79 Å². The number of carbonyl (C=O) groups excluding carboxylic acids is 1. The van der Waals surface area contributed by atoms with Gasteiger partial charge < -0.3 is 0 Å². The maximum absolute atomic E-state index is 11.7. The number of ketones is 1. The fraction of sp³-hybridized carbons (Fsp3) is 0.526. The molecule has 4 rings (SSSR count). The molecule has 1 heteroatoms. The average Bonchev–Trinajstić information content (AvgIpc) is 2.82. The molecule has 0 radical (unpaired) electrons. The van der Waals surface area contributed by atoms with Crippen LogP contribution in [0.25, 0.3) is 0 Å². The summed E-state index contributed by atoms with van der Waals surface area (Å²) in [7, 11) is 0. The minimum atomic E-state index is 0.121. The molecular weight excluding hydrogens is 244 g/mol. The number of carbonyl (C=O) groups is 1. The smallest absolute Gasteiger partial charge is 0.156 e. The minimum absolute atomic E-state index is 0.121. The number of hydrogen-bond donors (Lipinski definition) is 0. The van der Waals surface area contributed by atoms with Gasteiger partial charge in [0, 0.05) is 11.8 Å². The topological polar surface area (TPSA) is 17.1 Å². The van der Waals surface area contributed by atoms with Crippen LogP contribution in [0.3, 0.4) is 0 Å². The van der Waals surface area contributed by atoms with E-state index in [1.807, 2.05) is 6.08 Å². The highest BCUT2D eigenvalue weighted by atomic mass is 16.1. The van der Waals surface area contributed by atoms with E-state index in [0.29, 0.717) is 12.2 Å². The van der Waals surface area contributed by atoms with Crippen LogP contribution in [0.2, 0.25) is 0 Å². The summed E-state index contributed by atoms with van der Waals surface area (Å²) in [5, 5.41) is 0. The third-order valence-corrected chi connectivity index (χ3v) is 6.06. The number of allylic oxidation sites excluding steroid dienone is 8. The first kappa shape index (κ1) is 12.4. The quantitative estimate of drug-likeness (QED) is 0.630. The van der Waals surface area contributed by atoms with Gasteiger partial charge in [0.05, 0.1) is 0 Å². The highest BCUT2D eigenvalue weighted by Crippen LogP contribution is 2.55. The van der Waals surface area contributed by atoms with E-state index >= 15 is 0 Å². The molecule has 4 aliphatic rings. The van der Waals surface area contributed by atoms with Gasteiger partial charge in [0.1, 0.15) is 0 Å². The summed E-state index contributed by atoms with van der Waals surface area (Å²) in [5.74, 6) is 1.89. The van der Waals surface area contributed by atoms with E-state index in [0.717, 1.165) is 18.3 Å². The second-order valence-corrected chi connectivity index (χ2v) is 7.14. The van der Waals surface area contributed by atoms with E-state index in [-0.39, 0.29) is 5.41 Å². The Morgan fingerprint density at radius 1 is 1.25 bits per heavy atom. The lowest BCUT2D eigenvalue weighted by molar-refractivity contribution is -0.115. The molecule has 0 amide bonds. The first-order valence-electron chi connectivity index (χ1n) is 7.97. The van der Waals surface area contributed by atoms with Gasteiger partial charge >= 0.3 is 0 Å². The molecule has 104 valence electrons. The lowest BCUT2D eigenvalue weighted by Gasteiger charge is -2.43. The predicted octanol–water partition coefficient (Wildman–Crippen LogP) is 4.52. The zero-order valence-corrected chi connectivity index (χ0v) is 12.4. The van der Waals surface area contributed by atoms with Crippen LogP contribution in [-0.4, -0.2) is 5.78 Å². The van der Waals surface area contributed by atoms with Crippen molar-refractivity contribution in [3.8, 4) is 0 Å². The molecular formula is C19H22O. The van der Waals surface area contributed by atoms with Crippen molar-refractivity contribution in [3.05, 3.63) is 46.6 Å². The van der Waals surface area contributed by atoms with Gasteiger partial charge in [0.15, 0.2) is 5.78 Å². The van der Waals surface area contributed by atoms with Gasteiger partial charge in [-0.1, -0.05) is 37.6 Å². The maximum atomic E-state index is 11.7. The molecule has 0 spiro atoms. The summed E-state index contributed by atoms with van der Waals surface area (Å²) in [6.07, 6.45) is 14.3. The Hall–Kier alpha value is -1.37. The molecule has 3 unspecified atom stereocenters. The summed E-state index contributed by atoms with van der Waals surface area (Å²) in [6, 6.07) is 0. The van der Waals surface area contributed by atoms with Crippen molar-refractivity contribution in [2.24, 2.45) is 17.3 Å². The van der Waals surface area contributed by atoms with Crippen molar-refractivity contribution in [1.29, 1.82) is 0 Å². The van der Waals surface area contributed by atoms with Crippen LogP contribution in [0.1, 0.15) is 46.0 Å². The van der Waals surface area contributed by atoms with Crippen molar-refractivity contribution < 1.29 is 4.79 Å². The van der Waals surface area contributed by atoms with Crippen LogP contribution in [0.4, 0.5) is 0 Å². The Bertz CT molecular complexity index is 614. The van der Waals surface area contributed by atoms with Crippen LogP contribution >= 0.6 is 0 Å². The zero-order valence-electron chi connectivity index (χ0n) is 12.4. The molecule has 0 aromatic carbocycles. The summed E-state index contributed by atoms with van der Waals surface area (Å²) in [6.45, 7) is 4.74. The lowest BCUT2D eigenvalue weighted by Crippen LogP contribution is -2.32. The molecule has 3 atom stereocenters. The van der Waals surface area contributed by atoms with Crippen molar-refractivity contribution in [2.75, 3.05) is 0 Å². The Labute approximate surface area is 121 Å². The normalized spacial score (nSPS) is 39.0. The Balaban J connectivity index is 1.84. The number of fused-ring (bicyclic) bond motifs is 4. The van der Waals surface area contributed by atoms with E-state index < -0.39 is 0 Å². The fourth-order valence-electron chi connectivity index (χ4n) is 4.72. The first-order chi connectivity index (χ1) is 9.59. The molecule has 0 N–H and O–H groups in total. The highest BCUT2D eigenvalue weighted by Gasteiger charge is 2.43. The van der Waals surface area contributed by atoms with E-state index in [4.69, 9.17) is 0 Å². The van der Waals surface area contributed by atoms with Crippen LogP contribution < -0.4 is 0 Å². The van der Waals surface area contributed by atoms with E-state index in [2.05, 4.69) is 32.1 Å². The van der Waals surface area contributed by atoms with Crippen molar-refractivity contribution >= 4 is 5.78 Å². The molecule has 0 saturated carbocycles. The largest absolute Gasteiger partial charge is 0.295 e. The van der Waals surface area contributed by atoms with E-state index in [1.54, 1.807) is 11.1 Å². The molecule has 0 aliphatic heterocycles. The van der Waals surface area contributed by atoms with E-state index in [1.165, 1.54) is 30.4 Å². The zero-order chi connectivity index (χ0) is 13.9. The molecule has 0 bridgehead atoms.